The first-order valence-corrected chi connectivity index (χ1v) is 14.0. The Morgan fingerprint density at radius 3 is 2.32 bits per heavy atom. The van der Waals surface area contributed by atoms with Crippen molar-refractivity contribution in [3.8, 4) is 5.75 Å². The Morgan fingerprint density at radius 2 is 1.58 bits per heavy atom. The van der Waals surface area contributed by atoms with Gasteiger partial charge in [-0.05, 0) is 53.2 Å². The lowest BCUT2D eigenvalue weighted by Crippen LogP contribution is -2.28. The Kier molecular flexibility index (Phi) is 8.64. The number of hydrogen-bond donors (Lipinski definition) is 0. The van der Waals surface area contributed by atoms with Crippen molar-refractivity contribution in [1.82, 2.24) is 4.90 Å². The minimum absolute atomic E-state index is 0.0808. The Morgan fingerprint density at radius 1 is 0.895 bits per heavy atom. The summed E-state index contributed by atoms with van der Waals surface area (Å²) in [7, 11) is 0. The molecule has 0 radical (unpaired) electrons. The number of rotatable bonds is 8. The predicted molar refractivity (Wildman–Crippen MR) is 160 cm³/mol. The van der Waals surface area contributed by atoms with Gasteiger partial charge in [0.2, 0.25) is 0 Å². The first-order chi connectivity index (χ1) is 18.6. The van der Waals surface area contributed by atoms with Gasteiger partial charge < -0.3 is 4.74 Å². The van der Waals surface area contributed by atoms with Crippen molar-refractivity contribution in [2.24, 2.45) is 4.99 Å². The number of carbonyl (C=O) groups excluding carboxylic acids is 1. The van der Waals surface area contributed by atoms with Crippen molar-refractivity contribution in [2.75, 3.05) is 0 Å². The molecule has 0 unspecified atom stereocenters. The number of thioether (sulfide) groups is 1. The summed E-state index contributed by atoms with van der Waals surface area (Å²) in [6.07, 6.45) is 1.88. The molecule has 1 saturated heterocycles. The number of carbonyl (C=O) groups is 1. The molecular formula is C31H24BrClN2O2S. The molecule has 0 saturated carbocycles. The minimum Gasteiger partial charge on any atom is -0.488 e. The standard InChI is InChI=1S/C31H24BrClN2O2S/c32-26-15-16-28(37-21-24-13-7-8-14-27(24)33)25(17-26)18-29-30(36)35(20-23-11-5-2-6-12-23)31(38-29)34-19-22-9-3-1-4-10-22/h1-18H,19-21H2/b29-18+,34-31?. The number of hydrogen-bond acceptors (Lipinski definition) is 4. The molecule has 1 aliphatic heterocycles. The van der Waals surface area contributed by atoms with Crippen LogP contribution < -0.4 is 4.74 Å². The first-order valence-electron chi connectivity index (χ1n) is 12.1. The van der Waals surface area contributed by atoms with Crippen molar-refractivity contribution in [3.63, 3.8) is 0 Å². The molecule has 4 aromatic carbocycles. The summed E-state index contributed by atoms with van der Waals surface area (Å²) >= 11 is 11.3. The summed E-state index contributed by atoms with van der Waals surface area (Å²) in [5, 5.41) is 1.34. The Balaban J connectivity index is 1.44. The second kappa shape index (κ2) is 12.5. The van der Waals surface area contributed by atoms with Gasteiger partial charge in [0.25, 0.3) is 5.91 Å². The summed E-state index contributed by atoms with van der Waals surface area (Å²) in [4.78, 5) is 20.8. The van der Waals surface area contributed by atoms with Crippen LogP contribution in [0.5, 0.6) is 5.75 Å². The van der Waals surface area contributed by atoms with Crippen molar-refractivity contribution >= 4 is 56.4 Å². The lowest BCUT2D eigenvalue weighted by Gasteiger charge is -2.15. The fourth-order valence-electron chi connectivity index (χ4n) is 3.95. The van der Waals surface area contributed by atoms with E-state index in [9.17, 15) is 4.79 Å². The molecule has 5 rings (SSSR count). The maximum atomic E-state index is 13.6. The quantitative estimate of drug-likeness (QED) is 0.190. The van der Waals surface area contributed by atoms with Gasteiger partial charge in [-0.2, -0.15) is 0 Å². The summed E-state index contributed by atoms with van der Waals surface area (Å²) in [5.41, 5.74) is 3.83. The van der Waals surface area contributed by atoms with Crippen LogP contribution in [0.3, 0.4) is 0 Å². The highest BCUT2D eigenvalue weighted by Crippen LogP contribution is 2.36. The maximum absolute atomic E-state index is 13.6. The first kappa shape index (κ1) is 26.3. The monoisotopic (exact) mass is 602 g/mol. The molecule has 0 atom stereocenters. The molecule has 4 aromatic rings. The number of aliphatic imine (C=N–C) groups is 1. The second-order valence-electron chi connectivity index (χ2n) is 8.63. The van der Waals surface area contributed by atoms with Gasteiger partial charge in [0, 0.05) is 20.6 Å². The van der Waals surface area contributed by atoms with E-state index in [0.29, 0.717) is 40.5 Å². The third kappa shape index (κ3) is 6.57. The molecule has 0 aromatic heterocycles. The summed E-state index contributed by atoms with van der Waals surface area (Å²) in [6, 6.07) is 33.4. The molecule has 7 heteroatoms. The number of halogens is 2. The summed E-state index contributed by atoms with van der Waals surface area (Å²) in [6.45, 7) is 1.27. The summed E-state index contributed by atoms with van der Waals surface area (Å²) < 4.78 is 7.04. The zero-order chi connectivity index (χ0) is 26.3. The molecule has 0 bridgehead atoms. The molecule has 1 aliphatic rings. The Hall–Kier alpha value is -3.32. The lowest BCUT2D eigenvalue weighted by atomic mass is 10.1. The van der Waals surface area contributed by atoms with Gasteiger partial charge in [-0.15, -0.1) is 0 Å². The minimum atomic E-state index is -0.0808. The molecule has 1 heterocycles. The van der Waals surface area contributed by atoms with Gasteiger partial charge in [-0.3, -0.25) is 14.7 Å². The number of amides is 1. The number of ether oxygens (including phenoxy) is 1. The van der Waals surface area contributed by atoms with Crippen LogP contribution in [0.4, 0.5) is 0 Å². The van der Waals surface area contributed by atoms with E-state index >= 15 is 0 Å². The van der Waals surface area contributed by atoms with Crippen molar-refractivity contribution in [1.29, 1.82) is 0 Å². The van der Waals surface area contributed by atoms with Gasteiger partial charge in [-0.25, -0.2) is 0 Å². The second-order valence-corrected chi connectivity index (χ2v) is 11.0. The maximum Gasteiger partial charge on any atom is 0.267 e. The van der Waals surface area contributed by atoms with E-state index in [-0.39, 0.29) is 5.91 Å². The average molecular weight is 604 g/mol. The van der Waals surface area contributed by atoms with Crippen LogP contribution in [0.15, 0.2) is 117 Å². The van der Waals surface area contributed by atoms with E-state index < -0.39 is 0 Å². The van der Waals surface area contributed by atoms with Crippen LogP contribution in [-0.4, -0.2) is 16.0 Å². The Labute approximate surface area is 240 Å². The smallest absolute Gasteiger partial charge is 0.267 e. The molecule has 0 aliphatic carbocycles. The fraction of sp³-hybridized carbons (Fsp3) is 0.0968. The topological polar surface area (TPSA) is 41.9 Å². The van der Waals surface area contributed by atoms with Crippen LogP contribution in [0, 0.1) is 0 Å². The van der Waals surface area contributed by atoms with Crippen molar-refractivity contribution < 1.29 is 9.53 Å². The molecule has 1 fully saturated rings. The van der Waals surface area contributed by atoms with E-state index in [4.69, 9.17) is 21.3 Å². The largest absolute Gasteiger partial charge is 0.488 e. The highest BCUT2D eigenvalue weighted by atomic mass is 79.9. The van der Waals surface area contributed by atoms with Crippen molar-refractivity contribution in [2.45, 2.75) is 19.7 Å². The highest BCUT2D eigenvalue weighted by molar-refractivity contribution is 9.10. The molecule has 190 valence electrons. The average Bonchev–Trinajstić information content (AvgIpc) is 3.22. The van der Waals surface area contributed by atoms with Crippen molar-refractivity contribution in [3.05, 3.63) is 140 Å². The fourth-order valence-corrected chi connectivity index (χ4v) is 5.49. The van der Waals surface area contributed by atoms with E-state index in [2.05, 4.69) is 15.9 Å². The molecule has 1 amide bonds. The molecule has 0 N–H and O–H groups in total. The summed E-state index contributed by atoms with van der Waals surface area (Å²) in [5.74, 6) is 0.584. The molecule has 0 spiro atoms. The van der Waals surface area contributed by atoms with E-state index in [1.54, 1.807) is 4.90 Å². The van der Waals surface area contributed by atoms with Gasteiger partial charge in [0.05, 0.1) is 18.0 Å². The normalized spacial score (nSPS) is 15.4. The zero-order valence-corrected chi connectivity index (χ0v) is 23.5. The van der Waals surface area contributed by atoms with Crippen LogP contribution in [0.25, 0.3) is 6.08 Å². The van der Waals surface area contributed by atoms with E-state index in [0.717, 1.165) is 26.7 Å². The third-order valence-corrected chi connectivity index (χ3v) is 7.82. The van der Waals surface area contributed by atoms with E-state index in [1.807, 2.05) is 109 Å². The number of amidine groups is 1. The van der Waals surface area contributed by atoms with Gasteiger partial charge >= 0.3 is 0 Å². The van der Waals surface area contributed by atoms with Crippen LogP contribution in [-0.2, 0) is 24.5 Å². The SMILES string of the molecule is O=C1/C(=C\c2cc(Br)ccc2OCc2ccccc2Cl)SC(=NCc2ccccc2)N1Cc1ccccc1. The highest BCUT2D eigenvalue weighted by Gasteiger charge is 2.33. The zero-order valence-electron chi connectivity index (χ0n) is 20.4. The molecule has 38 heavy (non-hydrogen) atoms. The predicted octanol–water partition coefficient (Wildman–Crippen LogP) is 8.35. The number of nitrogens with zero attached hydrogens (tertiary/aromatic N) is 2. The van der Waals surface area contributed by atoms with Crippen LogP contribution >= 0.6 is 39.3 Å². The molecule has 4 nitrogen and oxygen atoms in total. The van der Waals surface area contributed by atoms with Crippen LogP contribution in [0.1, 0.15) is 22.3 Å². The van der Waals surface area contributed by atoms with Crippen LogP contribution in [0.2, 0.25) is 5.02 Å². The van der Waals surface area contributed by atoms with Gasteiger partial charge in [-0.1, -0.05) is 106 Å². The van der Waals surface area contributed by atoms with Gasteiger partial charge in [0.1, 0.15) is 12.4 Å². The third-order valence-electron chi connectivity index (χ3n) is 5.91. The Bertz CT molecular complexity index is 1490. The van der Waals surface area contributed by atoms with Gasteiger partial charge in [0.15, 0.2) is 5.17 Å². The van der Waals surface area contributed by atoms with E-state index in [1.165, 1.54) is 11.8 Å². The number of benzene rings is 4. The lowest BCUT2D eigenvalue weighted by molar-refractivity contribution is -0.122. The molecular weight excluding hydrogens is 580 g/mol.